The van der Waals surface area contributed by atoms with Crippen LogP contribution in [0.5, 0.6) is 0 Å². The minimum Gasteiger partial charge on any atom is -0.373 e. The summed E-state index contributed by atoms with van der Waals surface area (Å²) in [6.07, 6.45) is 1.34. The van der Waals surface area contributed by atoms with Crippen molar-refractivity contribution in [2.45, 2.75) is 18.9 Å². The molecule has 1 heterocycles. The number of hydrogen-bond acceptors (Lipinski definition) is 2. The van der Waals surface area contributed by atoms with E-state index >= 15 is 0 Å². The van der Waals surface area contributed by atoms with Gasteiger partial charge in [-0.1, -0.05) is 12.1 Å². The van der Waals surface area contributed by atoms with Gasteiger partial charge in [0, 0.05) is 5.56 Å². The molecule has 1 aliphatic rings. The van der Waals surface area contributed by atoms with E-state index in [1.54, 1.807) is 6.07 Å². The average molecular weight is 195 g/mol. The number of benzene rings is 1. The van der Waals surface area contributed by atoms with Crippen LogP contribution in [0.2, 0.25) is 0 Å². The van der Waals surface area contributed by atoms with Crippen molar-refractivity contribution in [1.82, 2.24) is 0 Å². The van der Waals surface area contributed by atoms with Crippen LogP contribution in [0.1, 0.15) is 23.7 Å². The molecular weight excluding hydrogens is 181 g/mol. The van der Waals surface area contributed by atoms with Gasteiger partial charge in [-0.25, -0.2) is 4.39 Å². The molecule has 14 heavy (non-hydrogen) atoms. The second-order valence-electron chi connectivity index (χ2n) is 3.50. The lowest BCUT2D eigenvalue weighted by Crippen LogP contribution is -2.20. The molecule has 0 radical (unpaired) electrons. The third kappa shape index (κ3) is 1.65. The topological polar surface area (TPSA) is 35.2 Å². The molecular formula is C11H14FNO. The summed E-state index contributed by atoms with van der Waals surface area (Å²) in [5.74, 6) is -0.166. The molecule has 1 aromatic carbocycles. The molecule has 0 aromatic heterocycles. The highest BCUT2D eigenvalue weighted by Crippen LogP contribution is 2.31. The Labute approximate surface area is 82.9 Å². The number of halogens is 1. The minimum atomic E-state index is -0.166. The van der Waals surface area contributed by atoms with E-state index in [0.717, 1.165) is 12.0 Å². The van der Waals surface area contributed by atoms with E-state index in [0.29, 0.717) is 25.1 Å². The number of nitrogens with two attached hydrogens (primary N) is 1. The highest BCUT2D eigenvalue weighted by Gasteiger charge is 2.23. The van der Waals surface area contributed by atoms with Crippen molar-refractivity contribution in [1.29, 1.82) is 0 Å². The van der Waals surface area contributed by atoms with Crippen molar-refractivity contribution in [2.75, 3.05) is 13.2 Å². The van der Waals surface area contributed by atoms with Gasteiger partial charge >= 0.3 is 0 Å². The van der Waals surface area contributed by atoms with Gasteiger partial charge in [0.05, 0.1) is 12.7 Å². The maximum atomic E-state index is 13.5. The van der Waals surface area contributed by atoms with Crippen LogP contribution >= 0.6 is 0 Å². The summed E-state index contributed by atoms with van der Waals surface area (Å²) in [7, 11) is 0. The van der Waals surface area contributed by atoms with E-state index in [9.17, 15) is 4.39 Å². The van der Waals surface area contributed by atoms with Crippen LogP contribution in [0.25, 0.3) is 0 Å². The van der Waals surface area contributed by atoms with E-state index in [2.05, 4.69) is 0 Å². The second kappa shape index (κ2) is 4.07. The summed E-state index contributed by atoms with van der Waals surface area (Å²) < 4.78 is 19.0. The molecule has 0 spiro atoms. The predicted octanol–water partition coefficient (Wildman–Crippen LogP) is 1.79. The summed E-state index contributed by atoms with van der Waals surface area (Å²) in [5.41, 5.74) is 7.24. The van der Waals surface area contributed by atoms with Gasteiger partial charge in [0.1, 0.15) is 5.82 Å². The van der Waals surface area contributed by atoms with Crippen LogP contribution < -0.4 is 5.73 Å². The molecule has 0 amide bonds. The number of rotatable bonds is 2. The molecule has 2 nitrogen and oxygen atoms in total. The third-order valence-corrected chi connectivity index (χ3v) is 2.58. The molecule has 0 saturated carbocycles. The number of ether oxygens (including phenoxy) is 1. The summed E-state index contributed by atoms with van der Waals surface area (Å²) in [6.45, 7) is 1.19. The van der Waals surface area contributed by atoms with Crippen molar-refractivity contribution in [3.63, 3.8) is 0 Å². The van der Waals surface area contributed by atoms with Crippen LogP contribution in [-0.4, -0.2) is 13.2 Å². The van der Waals surface area contributed by atoms with E-state index in [1.165, 1.54) is 6.07 Å². The van der Waals surface area contributed by atoms with Gasteiger partial charge in [0.2, 0.25) is 0 Å². The highest BCUT2D eigenvalue weighted by molar-refractivity contribution is 5.32. The van der Waals surface area contributed by atoms with E-state index in [-0.39, 0.29) is 11.9 Å². The Hall–Kier alpha value is -0.930. The van der Waals surface area contributed by atoms with Crippen molar-refractivity contribution in [3.05, 3.63) is 35.1 Å². The molecule has 0 aliphatic carbocycles. The minimum absolute atomic E-state index is 0.148. The molecule has 1 atom stereocenters. The first kappa shape index (κ1) is 9.62. The first-order valence-corrected chi connectivity index (χ1v) is 4.92. The molecule has 2 rings (SSSR count). The maximum absolute atomic E-state index is 13.5. The zero-order valence-electron chi connectivity index (χ0n) is 8.00. The first-order valence-electron chi connectivity index (χ1n) is 4.92. The molecule has 2 N–H and O–H groups in total. The van der Waals surface area contributed by atoms with E-state index in [1.807, 2.05) is 6.07 Å². The maximum Gasteiger partial charge on any atom is 0.129 e. The number of fused-ring (bicyclic) bond motifs is 1. The smallest absolute Gasteiger partial charge is 0.129 e. The van der Waals surface area contributed by atoms with E-state index in [4.69, 9.17) is 10.5 Å². The number of hydrogen-bond donors (Lipinski definition) is 1. The fourth-order valence-corrected chi connectivity index (χ4v) is 1.93. The highest BCUT2D eigenvalue weighted by atomic mass is 19.1. The van der Waals surface area contributed by atoms with Crippen LogP contribution in [0.3, 0.4) is 0 Å². The summed E-state index contributed by atoms with van der Waals surface area (Å²) in [5, 5.41) is 0. The molecule has 76 valence electrons. The van der Waals surface area contributed by atoms with Gasteiger partial charge in [0.25, 0.3) is 0 Å². The monoisotopic (exact) mass is 195 g/mol. The lowest BCUT2D eigenvalue weighted by Gasteiger charge is -2.26. The standard InChI is InChI=1S/C11H14FNO/c12-9-3-1-2-8-5-7-14-10(4-6-13)11(8)9/h1-3,10H,4-7,13H2/t10-/m0/s1. The Morgan fingerprint density at radius 2 is 2.36 bits per heavy atom. The van der Waals surface area contributed by atoms with Gasteiger partial charge in [-0.3, -0.25) is 0 Å². The average Bonchev–Trinajstić information content (AvgIpc) is 2.19. The SMILES string of the molecule is NCC[C@@H]1OCCc2cccc(F)c21. The van der Waals surface area contributed by atoms with Crippen molar-refractivity contribution >= 4 is 0 Å². The lowest BCUT2D eigenvalue weighted by atomic mass is 9.95. The third-order valence-electron chi connectivity index (χ3n) is 2.58. The molecule has 0 saturated heterocycles. The van der Waals surface area contributed by atoms with Gasteiger partial charge in [-0.15, -0.1) is 0 Å². The van der Waals surface area contributed by atoms with Gasteiger partial charge < -0.3 is 10.5 Å². The Balaban J connectivity index is 2.36. The second-order valence-corrected chi connectivity index (χ2v) is 3.50. The lowest BCUT2D eigenvalue weighted by molar-refractivity contribution is 0.0354. The fraction of sp³-hybridized carbons (Fsp3) is 0.455. The fourth-order valence-electron chi connectivity index (χ4n) is 1.93. The molecule has 1 aromatic rings. The van der Waals surface area contributed by atoms with Crippen LogP contribution in [-0.2, 0) is 11.2 Å². The van der Waals surface area contributed by atoms with E-state index < -0.39 is 0 Å². The Morgan fingerprint density at radius 3 is 3.14 bits per heavy atom. The molecule has 0 unspecified atom stereocenters. The summed E-state index contributed by atoms with van der Waals surface area (Å²) >= 11 is 0. The zero-order chi connectivity index (χ0) is 9.97. The summed E-state index contributed by atoms with van der Waals surface area (Å²) in [4.78, 5) is 0. The molecule has 0 bridgehead atoms. The van der Waals surface area contributed by atoms with Crippen LogP contribution in [0.15, 0.2) is 18.2 Å². The first-order chi connectivity index (χ1) is 6.83. The van der Waals surface area contributed by atoms with Gasteiger partial charge in [-0.05, 0) is 31.0 Å². The predicted molar refractivity (Wildman–Crippen MR) is 52.5 cm³/mol. The summed E-state index contributed by atoms with van der Waals surface area (Å²) in [6, 6.07) is 5.19. The Kier molecular flexibility index (Phi) is 2.79. The zero-order valence-corrected chi connectivity index (χ0v) is 8.00. The largest absolute Gasteiger partial charge is 0.373 e. The normalized spacial score (nSPS) is 20.6. The van der Waals surface area contributed by atoms with Gasteiger partial charge in [0.15, 0.2) is 0 Å². The van der Waals surface area contributed by atoms with Crippen LogP contribution in [0.4, 0.5) is 4.39 Å². The van der Waals surface area contributed by atoms with Crippen molar-refractivity contribution < 1.29 is 9.13 Å². The molecule has 0 fully saturated rings. The van der Waals surface area contributed by atoms with Crippen molar-refractivity contribution in [2.24, 2.45) is 5.73 Å². The molecule has 1 aliphatic heterocycles. The Morgan fingerprint density at radius 1 is 1.50 bits per heavy atom. The quantitative estimate of drug-likeness (QED) is 0.780. The van der Waals surface area contributed by atoms with Crippen molar-refractivity contribution in [3.8, 4) is 0 Å². The molecule has 3 heteroatoms. The van der Waals surface area contributed by atoms with Crippen LogP contribution in [0, 0.1) is 5.82 Å². The Bertz CT molecular complexity index is 327. The van der Waals surface area contributed by atoms with Gasteiger partial charge in [-0.2, -0.15) is 0 Å².